The molecular weight excluding hydrogens is 590 g/mol. The van der Waals surface area contributed by atoms with Crippen LogP contribution in [0, 0.1) is 0 Å². The Kier molecular flexibility index (Phi) is 3.15. The maximum atomic E-state index is 9.47. The van der Waals surface area contributed by atoms with Gasteiger partial charge in [-0.3, -0.25) is 0 Å². The highest BCUT2D eigenvalue weighted by atomic mass is 16.3. The van der Waals surface area contributed by atoms with Crippen molar-refractivity contribution in [1.29, 1.82) is 0 Å². The first-order chi connectivity index (χ1) is 31.2. The maximum absolute atomic E-state index is 9.47. The predicted molar refractivity (Wildman–Crippen MR) is 194 cm³/mol. The zero-order valence-electron chi connectivity index (χ0n) is 42.2. The van der Waals surface area contributed by atoms with Crippen LogP contribution in [0.25, 0.3) is 99.9 Å². The summed E-state index contributed by atoms with van der Waals surface area (Å²) in [6.45, 7) is 0. The number of para-hydroxylation sites is 2. The molecule has 0 saturated carbocycles. The van der Waals surface area contributed by atoms with Crippen molar-refractivity contribution < 1.29 is 33.5 Å². The van der Waals surface area contributed by atoms with Crippen molar-refractivity contribution in [3.63, 3.8) is 0 Å². The number of nitrogens with zero attached hydrogens (tertiary/aromatic N) is 3. The van der Waals surface area contributed by atoms with Crippen LogP contribution in [0.15, 0.2) is 160 Å². The van der Waals surface area contributed by atoms with Gasteiger partial charge in [-0.25, -0.2) is 15.0 Å². The second kappa shape index (κ2) is 10.5. The summed E-state index contributed by atoms with van der Waals surface area (Å²) in [5.74, 6) is -1.51. The molecule has 3 heterocycles. The predicted octanol–water partition coefficient (Wildman–Crippen LogP) is 11.5. The van der Waals surface area contributed by atoms with Crippen molar-refractivity contribution in [3.05, 3.63) is 151 Å². The monoisotopic (exact) mass is 633 g/mol. The molecule has 0 spiro atoms. The van der Waals surface area contributed by atoms with E-state index in [2.05, 4.69) is 15.0 Å². The van der Waals surface area contributed by atoms with E-state index in [1.165, 1.54) is 30.3 Å². The van der Waals surface area contributed by atoms with Gasteiger partial charge in [-0.1, -0.05) is 109 Å². The van der Waals surface area contributed by atoms with E-state index in [0.29, 0.717) is 0 Å². The lowest BCUT2D eigenvalue weighted by atomic mass is 9.96. The van der Waals surface area contributed by atoms with Gasteiger partial charge in [0.05, 0.1) is 24.7 Å². The summed E-state index contributed by atoms with van der Waals surface area (Å²) >= 11 is 0. The minimum Gasteiger partial charge on any atom is -0.456 e. The van der Waals surface area contributed by atoms with E-state index < -0.39 is 101 Å². The molecule has 0 N–H and O–H groups in total. The summed E-state index contributed by atoms with van der Waals surface area (Å²) in [4.78, 5) is 13.8. The largest absolute Gasteiger partial charge is 0.456 e. The van der Waals surface area contributed by atoms with Gasteiger partial charge < -0.3 is 8.83 Å². The summed E-state index contributed by atoms with van der Waals surface area (Å²) in [7, 11) is 0. The molecule has 0 aliphatic rings. The third kappa shape index (κ3) is 4.29. The smallest absolute Gasteiger partial charge is 0.164 e. The van der Waals surface area contributed by atoms with Crippen LogP contribution in [0.1, 0.15) is 24.7 Å². The van der Waals surface area contributed by atoms with E-state index in [1.54, 1.807) is 12.1 Å². The fourth-order valence-corrected chi connectivity index (χ4v) is 5.59. The van der Waals surface area contributed by atoms with Gasteiger partial charge in [0.1, 0.15) is 22.3 Å². The van der Waals surface area contributed by atoms with Crippen LogP contribution in [0.4, 0.5) is 0 Å². The molecule has 10 aromatic rings. The molecule has 0 aliphatic carbocycles. The summed E-state index contributed by atoms with van der Waals surface area (Å²) < 4.78 is 170. The van der Waals surface area contributed by atoms with Crippen LogP contribution in [-0.4, -0.2) is 15.0 Å². The minimum atomic E-state index is -0.754. The zero-order valence-corrected chi connectivity index (χ0v) is 24.2. The topological polar surface area (TPSA) is 65.0 Å². The fourth-order valence-electron chi connectivity index (χ4n) is 5.59. The molecule has 3 aromatic heterocycles. The lowest BCUT2D eigenvalue weighted by molar-refractivity contribution is 0.668. The van der Waals surface area contributed by atoms with Crippen molar-refractivity contribution in [1.82, 2.24) is 15.0 Å². The van der Waals surface area contributed by atoms with Gasteiger partial charge in [-0.2, -0.15) is 0 Å². The number of furan rings is 2. The van der Waals surface area contributed by atoms with Crippen molar-refractivity contribution in [2.45, 2.75) is 0 Å². The van der Waals surface area contributed by atoms with Gasteiger partial charge in [0.15, 0.2) is 17.5 Å². The molecule has 0 atom stereocenters. The quantitative estimate of drug-likeness (QED) is 0.193. The average molecular weight is 634 g/mol. The molecule has 5 nitrogen and oxygen atoms in total. The maximum Gasteiger partial charge on any atom is 0.164 e. The minimum absolute atomic E-state index is 0.0166. The molecule has 10 rings (SSSR count). The number of hydrogen-bond donors (Lipinski definition) is 0. The molecule has 7 aromatic carbocycles. The Hall–Kier alpha value is -6.59. The second-order valence-corrected chi connectivity index (χ2v) is 10.6. The molecule has 0 unspecified atom stereocenters. The van der Waals surface area contributed by atoms with Crippen LogP contribution in [0.5, 0.6) is 0 Å². The average Bonchev–Trinajstić information content (AvgIpc) is 3.90. The molecule has 0 radical (unpaired) electrons. The van der Waals surface area contributed by atoms with Crippen molar-refractivity contribution in [2.24, 2.45) is 0 Å². The first-order valence-electron chi connectivity index (χ1n) is 23.5. The second-order valence-electron chi connectivity index (χ2n) is 10.6. The highest BCUT2D eigenvalue weighted by Crippen LogP contribution is 2.40. The molecule has 0 saturated heterocycles. The van der Waals surface area contributed by atoms with Crippen LogP contribution in [0.3, 0.4) is 0 Å². The Morgan fingerprint density at radius 1 is 0.438 bits per heavy atom. The number of rotatable bonds is 4. The fraction of sp³-hybridized carbons (Fsp3) is 0. The summed E-state index contributed by atoms with van der Waals surface area (Å²) in [5, 5.41) is -0.126. The van der Waals surface area contributed by atoms with E-state index >= 15 is 0 Å². The molecule has 0 amide bonds. The first kappa shape index (κ1) is 14.4. The molecule has 5 heteroatoms. The van der Waals surface area contributed by atoms with Crippen molar-refractivity contribution in [2.75, 3.05) is 0 Å². The lowest BCUT2D eigenvalue weighted by Gasteiger charge is -2.11. The summed E-state index contributed by atoms with van der Waals surface area (Å²) in [6, 6.07) is 0.466. The third-order valence-electron chi connectivity index (χ3n) is 7.73. The Balaban J connectivity index is 1.37. The molecule has 0 bridgehead atoms. The van der Waals surface area contributed by atoms with Gasteiger partial charge in [0, 0.05) is 38.2 Å². The lowest BCUT2D eigenvalue weighted by Crippen LogP contribution is -2.00. The Labute approximate surface area is 300 Å². The van der Waals surface area contributed by atoms with Crippen LogP contribution in [-0.2, 0) is 0 Å². The standard InChI is InChI=1S/C43H25N3O2/c1-2-11-27(12-3-1)41-44-42(30-20-21-33-32-14-6-8-16-36(32)47-38(33)24-30)46-43(45-41)35-23-31(29-19-18-26-10-4-5-13-28(26)22-29)25-39-40(35)34-15-7-9-17-37(34)48-39/h1-25H/i1D,2D,3D,6D,8D,10D,11D,12D,13D,14D,16D,17D,18D,20D,21D,22D,24D,25D. The first-order valence-corrected chi connectivity index (χ1v) is 14.5. The van der Waals surface area contributed by atoms with Gasteiger partial charge in [-0.05, 0) is 64.2 Å². The van der Waals surface area contributed by atoms with Crippen LogP contribution < -0.4 is 0 Å². The van der Waals surface area contributed by atoms with Crippen LogP contribution >= 0.6 is 0 Å². The highest BCUT2D eigenvalue weighted by molar-refractivity contribution is 6.13. The zero-order chi connectivity index (χ0) is 47.3. The molecule has 0 aliphatic heterocycles. The normalized spacial score (nSPS) is 17.0. The SMILES string of the molecule is [2H]c1c([2H])c([2H])c(-c2nc(-c3c([2H])c([2H])c4c(oc5c([2H])c([2H])c([2H])c([2H])c54)c3[2H])nc(-c3cc(-c4cc([2H])c5c([2H])ccc([2H])c5c4[2H])c([2H])c4oc5c([2H])cccc5c34)n2)c([2H])c1[2H]. The van der Waals surface area contributed by atoms with E-state index in [4.69, 9.17) is 28.0 Å². The highest BCUT2D eigenvalue weighted by Gasteiger charge is 2.20. The van der Waals surface area contributed by atoms with Crippen LogP contribution in [0.2, 0.25) is 0 Å². The van der Waals surface area contributed by atoms with Crippen molar-refractivity contribution in [3.8, 4) is 45.3 Å². The summed E-state index contributed by atoms with van der Waals surface area (Å²) in [6.07, 6.45) is 0. The number of aromatic nitrogens is 3. The van der Waals surface area contributed by atoms with E-state index in [-0.39, 0.29) is 108 Å². The summed E-state index contributed by atoms with van der Waals surface area (Å²) in [5.41, 5.74) is -2.12. The number of benzene rings is 7. The van der Waals surface area contributed by atoms with Gasteiger partial charge >= 0.3 is 0 Å². The van der Waals surface area contributed by atoms with Gasteiger partial charge in [0.2, 0.25) is 0 Å². The van der Waals surface area contributed by atoms with E-state index in [9.17, 15) is 5.48 Å². The van der Waals surface area contributed by atoms with Crippen molar-refractivity contribution >= 4 is 54.6 Å². The molecular formula is C43H25N3O2. The third-order valence-corrected chi connectivity index (χ3v) is 7.73. The van der Waals surface area contributed by atoms with Gasteiger partial charge in [0.25, 0.3) is 0 Å². The van der Waals surface area contributed by atoms with E-state index in [0.717, 1.165) is 0 Å². The Morgan fingerprint density at radius 3 is 2.06 bits per heavy atom. The Bertz CT molecular complexity index is 3860. The van der Waals surface area contributed by atoms with Gasteiger partial charge in [-0.15, -0.1) is 0 Å². The Morgan fingerprint density at radius 2 is 1.15 bits per heavy atom. The number of fused-ring (bicyclic) bond motifs is 7. The number of hydrogen-bond acceptors (Lipinski definition) is 5. The molecule has 0 fully saturated rings. The molecule has 48 heavy (non-hydrogen) atoms. The molecule has 224 valence electrons. The van der Waals surface area contributed by atoms with E-state index in [1.807, 2.05) is 0 Å².